The van der Waals surface area contributed by atoms with E-state index in [1.807, 2.05) is 0 Å². The van der Waals surface area contributed by atoms with E-state index in [0.717, 1.165) is 18.0 Å². The molecule has 1 aliphatic heterocycles. The quantitative estimate of drug-likeness (QED) is 0.725. The molecule has 1 saturated carbocycles. The van der Waals surface area contributed by atoms with Crippen molar-refractivity contribution in [2.45, 2.75) is 51.1 Å². The molecule has 1 N–H and O–H groups in total. The zero-order valence-corrected chi connectivity index (χ0v) is 9.63. The van der Waals surface area contributed by atoms with E-state index in [9.17, 15) is 0 Å². The van der Waals surface area contributed by atoms with Crippen LogP contribution in [0, 0.1) is 5.92 Å². The summed E-state index contributed by atoms with van der Waals surface area (Å²) >= 11 is 0. The molecular weight excluding hydrogens is 172 g/mol. The molecule has 2 aliphatic rings. The first-order valence-electron chi connectivity index (χ1n) is 6.21. The summed E-state index contributed by atoms with van der Waals surface area (Å²) in [5, 5.41) is 3.47. The largest absolute Gasteiger partial charge is 0.315 e. The van der Waals surface area contributed by atoms with Gasteiger partial charge in [-0.1, -0.05) is 19.8 Å². The van der Waals surface area contributed by atoms with E-state index in [2.05, 4.69) is 24.2 Å². The van der Waals surface area contributed by atoms with Gasteiger partial charge in [-0.3, -0.25) is 4.90 Å². The predicted molar refractivity (Wildman–Crippen MR) is 60.5 cm³/mol. The molecule has 0 aromatic carbocycles. The second kappa shape index (κ2) is 4.63. The SMILES string of the molecule is CC1CCCCC1N(C)C1CCNC1. The summed E-state index contributed by atoms with van der Waals surface area (Å²) in [5.41, 5.74) is 0. The number of nitrogens with zero attached hydrogens (tertiary/aromatic N) is 1. The molecule has 2 nitrogen and oxygen atoms in total. The third-order valence-corrected chi connectivity index (χ3v) is 4.20. The molecule has 1 aliphatic carbocycles. The molecule has 2 heteroatoms. The Morgan fingerprint density at radius 2 is 1.93 bits per heavy atom. The maximum atomic E-state index is 3.47. The lowest BCUT2D eigenvalue weighted by Gasteiger charge is -2.39. The lowest BCUT2D eigenvalue weighted by Crippen LogP contribution is -2.45. The molecule has 0 radical (unpaired) electrons. The van der Waals surface area contributed by atoms with Crippen LogP contribution in [-0.4, -0.2) is 37.1 Å². The highest BCUT2D eigenvalue weighted by Crippen LogP contribution is 2.29. The molecule has 14 heavy (non-hydrogen) atoms. The van der Waals surface area contributed by atoms with Gasteiger partial charge < -0.3 is 5.32 Å². The Balaban J connectivity index is 1.91. The zero-order valence-electron chi connectivity index (χ0n) is 9.63. The molecule has 0 amide bonds. The van der Waals surface area contributed by atoms with Gasteiger partial charge in [0.15, 0.2) is 0 Å². The third kappa shape index (κ3) is 2.12. The van der Waals surface area contributed by atoms with E-state index in [1.165, 1.54) is 45.2 Å². The first-order valence-corrected chi connectivity index (χ1v) is 6.21. The van der Waals surface area contributed by atoms with Crippen LogP contribution in [0.1, 0.15) is 39.0 Å². The summed E-state index contributed by atoms with van der Waals surface area (Å²) in [4.78, 5) is 2.66. The van der Waals surface area contributed by atoms with Crippen molar-refractivity contribution in [3.8, 4) is 0 Å². The van der Waals surface area contributed by atoms with Gasteiger partial charge in [0.05, 0.1) is 0 Å². The third-order valence-electron chi connectivity index (χ3n) is 4.20. The van der Waals surface area contributed by atoms with Gasteiger partial charge in [0.2, 0.25) is 0 Å². The summed E-state index contributed by atoms with van der Waals surface area (Å²) in [6.45, 7) is 4.86. The van der Waals surface area contributed by atoms with Gasteiger partial charge in [0.25, 0.3) is 0 Å². The van der Waals surface area contributed by atoms with E-state index in [0.29, 0.717) is 0 Å². The monoisotopic (exact) mass is 196 g/mol. The number of rotatable bonds is 2. The van der Waals surface area contributed by atoms with Gasteiger partial charge >= 0.3 is 0 Å². The van der Waals surface area contributed by atoms with E-state index in [4.69, 9.17) is 0 Å². The minimum Gasteiger partial charge on any atom is -0.315 e. The molecule has 3 unspecified atom stereocenters. The van der Waals surface area contributed by atoms with E-state index in [1.54, 1.807) is 0 Å². The first-order chi connectivity index (χ1) is 6.79. The van der Waals surface area contributed by atoms with Crippen molar-refractivity contribution < 1.29 is 0 Å². The molecule has 0 aromatic rings. The minimum absolute atomic E-state index is 0.806. The fraction of sp³-hybridized carbons (Fsp3) is 1.00. The molecule has 3 atom stereocenters. The Kier molecular flexibility index (Phi) is 3.45. The van der Waals surface area contributed by atoms with Crippen LogP contribution in [0.25, 0.3) is 0 Å². The molecule has 2 fully saturated rings. The van der Waals surface area contributed by atoms with Crippen molar-refractivity contribution in [3.05, 3.63) is 0 Å². The summed E-state index contributed by atoms with van der Waals surface area (Å²) in [6, 6.07) is 1.66. The number of hydrogen-bond donors (Lipinski definition) is 1. The summed E-state index contributed by atoms with van der Waals surface area (Å²) in [5.74, 6) is 0.911. The van der Waals surface area contributed by atoms with Gasteiger partial charge in [-0.15, -0.1) is 0 Å². The smallest absolute Gasteiger partial charge is 0.0232 e. The van der Waals surface area contributed by atoms with Crippen LogP contribution in [-0.2, 0) is 0 Å². The molecule has 0 aromatic heterocycles. The van der Waals surface area contributed by atoms with Crippen molar-refractivity contribution in [3.63, 3.8) is 0 Å². The maximum Gasteiger partial charge on any atom is 0.0232 e. The van der Waals surface area contributed by atoms with Gasteiger partial charge in [-0.2, -0.15) is 0 Å². The van der Waals surface area contributed by atoms with E-state index in [-0.39, 0.29) is 0 Å². The van der Waals surface area contributed by atoms with Gasteiger partial charge in [-0.05, 0) is 38.8 Å². The summed E-state index contributed by atoms with van der Waals surface area (Å²) in [7, 11) is 2.34. The average molecular weight is 196 g/mol. The lowest BCUT2D eigenvalue weighted by atomic mass is 9.84. The highest BCUT2D eigenvalue weighted by Gasteiger charge is 2.30. The fourth-order valence-corrected chi connectivity index (χ4v) is 3.16. The van der Waals surface area contributed by atoms with Crippen LogP contribution in [0.15, 0.2) is 0 Å². The average Bonchev–Trinajstić information content (AvgIpc) is 2.70. The Bertz CT molecular complexity index is 175. The number of hydrogen-bond acceptors (Lipinski definition) is 2. The van der Waals surface area contributed by atoms with Crippen LogP contribution in [0.5, 0.6) is 0 Å². The zero-order chi connectivity index (χ0) is 9.97. The number of likely N-dealkylation sites (N-methyl/N-ethyl adjacent to an activating group) is 1. The second-order valence-corrected chi connectivity index (χ2v) is 5.14. The van der Waals surface area contributed by atoms with Crippen LogP contribution >= 0.6 is 0 Å². The van der Waals surface area contributed by atoms with Gasteiger partial charge in [-0.25, -0.2) is 0 Å². The Morgan fingerprint density at radius 1 is 1.14 bits per heavy atom. The molecule has 1 heterocycles. The van der Waals surface area contributed by atoms with Crippen LogP contribution in [0.4, 0.5) is 0 Å². The highest BCUT2D eigenvalue weighted by atomic mass is 15.2. The topological polar surface area (TPSA) is 15.3 Å². The summed E-state index contributed by atoms with van der Waals surface area (Å²) in [6.07, 6.45) is 7.11. The standard InChI is InChI=1S/C12H24N2/c1-10-5-3-4-6-12(10)14(2)11-7-8-13-9-11/h10-13H,3-9H2,1-2H3. The number of nitrogens with one attached hydrogen (secondary N) is 1. The Morgan fingerprint density at radius 3 is 2.57 bits per heavy atom. The molecule has 82 valence electrons. The first kappa shape index (κ1) is 10.4. The van der Waals surface area contributed by atoms with Crippen molar-refractivity contribution >= 4 is 0 Å². The van der Waals surface area contributed by atoms with Crippen molar-refractivity contribution in [2.24, 2.45) is 5.92 Å². The van der Waals surface area contributed by atoms with Crippen LogP contribution in [0.2, 0.25) is 0 Å². The molecule has 0 bridgehead atoms. The van der Waals surface area contributed by atoms with Gasteiger partial charge in [0.1, 0.15) is 0 Å². The lowest BCUT2D eigenvalue weighted by molar-refractivity contribution is 0.104. The van der Waals surface area contributed by atoms with Crippen LogP contribution < -0.4 is 5.32 Å². The predicted octanol–water partition coefficient (Wildman–Crippen LogP) is 1.86. The van der Waals surface area contributed by atoms with Crippen molar-refractivity contribution in [1.82, 2.24) is 10.2 Å². The van der Waals surface area contributed by atoms with E-state index < -0.39 is 0 Å². The summed E-state index contributed by atoms with van der Waals surface area (Å²) < 4.78 is 0. The molecule has 2 rings (SSSR count). The maximum absolute atomic E-state index is 3.47. The second-order valence-electron chi connectivity index (χ2n) is 5.14. The Hall–Kier alpha value is -0.0800. The molecule has 0 spiro atoms. The Labute approximate surface area is 88.1 Å². The van der Waals surface area contributed by atoms with E-state index >= 15 is 0 Å². The normalized spacial score (nSPS) is 39.2. The molecular formula is C12H24N2. The fourth-order valence-electron chi connectivity index (χ4n) is 3.16. The van der Waals surface area contributed by atoms with Gasteiger partial charge in [0, 0.05) is 18.6 Å². The van der Waals surface area contributed by atoms with Crippen molar-refractivity contribution in [2.75, 3.05) is 20.1 Å². The van der Waals surface area contributed by atoms with Crippen molar-refractivity contribution in [1.29, 1.82) is 0 Å². The highest BCUT2D eigenvalue weighted by molar-refractivity contribution is 4.87. The minimum atomic E-state index is 0.806. The van der Waals surface area contributed by atoms with Crippen LogP contribution in [0.3, 0.4) is 0 Å². The molecule has 1 saturated heterocycles.